The van der Waals surface area contributed by atoms with Crippen LogP contribution in [-0.2, 0) is 133 Å². The van der Waals surface area contributed by atoms with Crippen LogP contribution in [-0.4, -0.2) is 616 Å². The van der Waals surface area contributed by atoms with Crippen LogP contribution in [0.5, 0.6) is 0 Å². The molecular weight excluding hydrogens is 1990 g/mol. The molecule has 64 heteroatoms. The van der Waals surface area contributed by atoms with Gasteiger partial charge >= 0.3 is 5.97 Å². The van der Waals surface area contributed by atoms with Gasteiger partial charge in [0.15, 0.2) is 62.9 Å². The van der Waals surface area contributed by atoms with Gasteiger partial charge in [0.2, 0.25) is 30.0 Å². The fourth-order valence-corrected chi connectivity index (χ4v) is 18.7. The molecule has 11 rings (SSSR count). The van der Waals surface area contributed by atoms with Gasteiger partial charge in [0.1, 0.15) is 250 Å². The highest BCUT2D eigenvalue weighted by molar-refractivity contribution is 5.77. The van der Waals surface area contributed by atoms with E-state index in [9.17, 15) is 187 Å². The minimum Gasteiger partial charge on any atom is -0.477 e. The highest BCUT2D eigenvalue weighted by Gasteiger charge is 2.66. The molecule has 145 heavy (non-hydrogen) atoms. The molecule has 838 valence electrons. The first-order chi connectivity index (χ1) is 68.6. The highest BCUT2D eigenvalue weighted by Crippen LogP contribution is 2.45. The van der Waals surface area contributed by atoms with Crippen molar-refractivity contribution in [2.75, 3.05) is 72.7 Å². The molecule has 11 fully saturated rings. The highest BCUT2D eigenvalue weighted by atomic mass is 16.8. The summed E-state index contributed by atoms with van der Waals surface area (Å²) in [5, 5.41) is 362. The van der Waals surface area contributed by atoms with Crippen LogP contribution in [0.3, 0.4) is 0 Å². The molecular formula is C81H135N5O59. The van der Waals surface area contributed by atoms with Gasteiger partial charge in [0.25, 0.3) is 5.79 Å². The summed E-state index contributed by atoms with van der Waals surface area (Å²) in [4.78, 5) is 77.6. The second kappa shape index (κ2) is 52.6. The molecule has 57 atom stereocenters. The Morgan fingerprint density at radius 1 is 0.324 bits per heavy atom. The number of nitrogens with one attached hydrogen (secondary N) is 5. The summed E-state index contributed by atoms with van der Waals surface area (Å²) in [6.45, 7) is -6.43. The second-order valence-electron chi connectivity index (χ2n) is 36.6. The number of carboxylic acid groups (broad SMARTS) is 1. The summed E-state index contributed by atoms with van der Waals surface area (Å²) in [5.41, 5.74) is 0. The molecule has 0 saturated carbocycles. The van der Waals surface area contributed by atoms with Crippen LogP contribution < -0.4 is 26.6 Å². The lowest BCUT2D eigenvalue weighted by molar-refractivity contribution is -0.403. The molecule has 0 unspecified atom stereocenters. The van der Waals surface area contributed by atoms with E-state index in [1.165, 1.54) is 13.8 Å². The Hall–Kier alpha value is -5.26. The Labute approximate surface area is 821 Å². The average molecular weight is 2120 g/mol. The van der Waals surface area contributed by atoms with Crippen molar-refractivity contribution in [3.63, 3.8) is 0 Å². The van der Waals surface area contributed by atoms with Crippen LogP contribution in [0.15, 0.2) is 0 Å². The summed E-state index contributed by atoms with van der Waals surface area (Å²) < 4.78 is 132. The number of amides is 5. The molecule has 0 aromatic carbocycles. The summed E-state index contributed by atoms with van der Waals surface area (Å²) in [5.74, 6) is -9.68. The Morgan fingerprint density at radius 2 is 0.621 bits per heavy atom. The normalized spacial score (nSPS) is 47.5. The van der Waals surface area contributed by atoms with Crippen molar-refractivity contribution in [1.29, 1.82) is 0 Å². The zero-order chi connectivity index (χ0) is 107. The van der Waals surface area contributed by atoms with E-state index in [-0.39, 0.29) is 6.41 Å². The minimum atomic E-state index is -3.38. The summed E-state index contributed by atoms with van der Waals surface area (Å²) in [6, 6.07) is -9.21. The van der Waals surface area contributed by atoms with Gasteiger partial charge in [-0.15, -0.1) is 0 Å². The van der Waals surface area contributed by atoms with Crippen LogP contribution in [0, 0.1) is 0 Å². The van der Waals surface area contributed by atoms with E-state index in [2.05, 4.69) is 26.6 Å². The lowest BCUT2D eigenvalue weighted by Gasteiger charge is -2.53. The molecule has 0 radical (unpaired) electrons. The van der Waals surface area contributed by atoms with Crippen LogP contribution in [0.1, 0.15) is 48.0 Å². The van der Waals surface area contributed by atoms with Gasteiger partial charge in [-0.25, -0.2) is 4.79 Å². The molecule has 11 aliphatic heterocycles. The number of hydrogen-bond acceptors (Lipinski definition) is 58. The standard InChI is InChI=1S/C81H135N5O59/c1-20-41(104)49(112)52(115)74(125-20)139-64-39(85-24(5)100)71(142-67-45(108)30(11-90)127-76(56(67)119)135-59-33(14-93)131-70(38(48(59)111)84-23(4)99)141-66-44(107)29(10-89)128-77(55(66)118)136-60-34(15-94)134-73(54(117)51(60)114)124-18-26(8-87)82-19-97)132-35(16-95)61(64)137-78-57(120)68(46(109)31(12-91)129-78)143-72-40(86-25(6)101)65(140-75-53(116)50(113)42(105)21(2)126-75)62(36(17-96)133-72)138-79-58(121)69(47(110)32(13-92)130-79)145-81(80(122)123)7-27(102)37(83-22(3)98)63(144-81)43(106)28(103)9-88/h19-21,26-79,87-96,102-121H,7-18H2,1-6H3,(H,82,97)(H,83,98)(H,84,99)(H,85,100)(H,86,101)(H,122,123)/t20-,21-,26+,27-,28+,29+,30+,31+,32+,33+,34+,35+,36+,37+,38+,39+,40+,41+,42+,43+,44-,45-,46-,47-,48+,49+,50+,51+,52-,53-,54+,55+,56+,57+,58+,59+,60+,61+,62+,63+,64+,65+,66-,67-,68-,69-,70-,71-,72-,73+,74-,75-,76-,77-,78-,79-,81-/m0/s1. The first-order valence-electron chi connectivity index (χ1n) is 46.2. The molecule has 0 aromatic heterocycles. The summed E-state index contributed by atoms with van der Waals surface area (Å²) >= 11 is 0. The van der Waals surface area contributed by atoms with Gasteiger partial charge < -0.3 is 289 Å². The van der Waals surface area contributed by atoms with Crippen molar-refractivity contribution < 1.29 is 291 Å². The number of rotatable bonds is 42. The van der Waals surface area contributed by atoms with Gasteiger partial charge in [-0.2, -0.15) is 0 Å². The number of carbonyl (C=O) groups excluding carboxylic acids is 5. The molecule has 64 nitrogen and oxygen atoms in total. The second-order valence-corrected chi connectivity index (χ2v) is 36.6. The maximum Gasteiger partial charge on any atom is 0.364 e. The molecule has 11 saturated heterocycles. The van der Waals surface area contributed by atoms with Crippen molar-refractivity contribution >= 4 is 36.0 Å². The van der Waals surface area contributed by atoms with Crippen molar-refractivity contribution in [1.82, 2.24) is 26.6 Å². The Morgan fingerprint density at radius 3 is 0.972 bits per heavy atom. The largest absolute Gasteiger partial charge is 0.477 e. The van der Waals surface area contributed by atoms with E-state index < -0.39 is 458 Å². The maximum absolute atomic E-state index is 13.8. The van der Waals surface area contributed by atoms with Crippen LogP contribution >= 0.6 is 0 Å². The van der Waals surface area contributed by atoms with Gasteiger partial charge in [-0.05, 0) is 13.8 Å². The summed E-state index contributed by atoms with van der Waals surface area (Å²) in [6.07, 6.45) is -113. The summed E-state index contributed by atoms with van der Waals surface area (Å²) in [7, 11) is 0. The van der Waals surface area contributed by atoms with E-state index in [0.717, 1.165) is 27.7 Å². The number of hydrogen-bond donors (Lipinski definition) is 36. The first kappa shape index (κ1) is 120. The average Bonchev–Trinajstić information content (AvgIpc) is 0.747. The van der Waals surface area contributed by atoms with Gasteiger partial charge in [0, 0.05) is 34.1 Å². The van der Waals surface area contributed by atoms with E-state index in [4.69, 9.17) is 104 Å². The molecule has 0 aromatic rings. The third-order valence-corrected chi connectivity index (χ3v) is 26.5. The molecule has 0 spiro atoms. The maximum atomic E-state index is 13.8. The molecule has 0 bridgehead atoms. The minimum absolute atomic E-state index is 0.238. The number of ether oxygens (including phenoxy) is 22. The van der Waals surface area contributed by atoms with Crippen LogP contribution in [0.25, 0.3) is 0 Å². The topological polar surface area (TPSA) is 993 Å². The van der Waals surface area contributed by atoms with E-state index >= 15 is 0 Å². The van der Waals surface area contributed by atoms with Crippen molar-refractivity contribution in [3.8, 4) is 0 Å². The Kier molecular flexibility index (Phi) is 43.5. The third kappa shape index (κ3) is 26.7. The number of carboxylic acids is 1. The lowest BCUT2D eigenvalue weighted by Crippen LogP contribution is -2.72. The Bertz CT molecular complexity index is 4050. The lowest BCUT2D eigenvalue weighted by atomic mass is 9.88. The van der Waals surface area contributed by atoms with E-state index in [1.807, 2.05) is 0 Å². The van der Waals surface area contributed by atoms with Gasteiger partial charge in [0.05, 0.1) is 103 Å². The predicted octanol–water partition coefficient (Wildman–Crippen LogP) is -24.0. The van der Waals surface area contributed by atoms with Crippen molar-refractivity contribution in [2.24, 2.45) is 0 Å². The predicted molar refractivity (Wildman–Crippen MR) is 447 cm³/mol. The van der Waals surface area contributed by atoms with Crippen LogP contribution in [0.4, 0.5) is 0 Å². The van der Waals surface area contributed by atoms with Crippen LogP contribution in [0.2, 0.25) is 0 Å². The monoisotopic (exact) mass is 2120 g/mol. The first-order valence-corrected chi connectivity index (χ1v) is 46.2. The van der Waals surface area contributed by atoms with Gasteiger partial charge in [-0.3, -0.25) is 24.0 Å². The molecule has 0 aliphatic carbocycles. The number of carbonyl (C=O) groups is 6. The smallest absolute Gasteiger partial charge is 0.364 e. The molecule has 5 amide bonds. The number of aliphatic carboxylic acids is 1. The van der Waals surface area contributed by atoms with Crippen molar-refractivity contribution in [3.05, 3.63) is 0 Å². The zero-order valence-corrected chi connectivity index (χ0v) is 78.2. The number of aliphatic hydroxyl groups is 30. The van der Waals surface area contributed by atoms with E-state index in [0.29, 0.717) is 0 Å². The quantitative estimate of drug-likeness (QED) is 0.0252. The van der Waals surface area contributed by atoms with Crippen molar-refractivity contribution in [2.45, 2.75) is 397 Å². The third-order valence-electron chi connectivity index (χ3n) is 26.5. The van der Waals surface area contributed by atoms with Gasteiger partial charge in [-0.1, -0.05) is 0 Å². The fourth-order valence-electron chi connectivity index (χ4n) is 18.7. The number of aliphatic hydroxyl groups excluding tert-OH is 30. The molecule has 11 aliphatic rings. The SMILES string of the molecule is CC(=O)N[C@H]1[C@H](O[C@H]2[C@@H](O)[C@@H](CO)O[C@@H](O[C@H]3[C@H](O)[C@@H](O)[C@H](OC[C@@H](CO)NC=O)O[C@@H]3CO)[C@@H]2O)O[C@H](CO)[C@@H](O[C@@H]2O[C@H](CO)[C@H](O)[C@H](O[C@@H]3O[C@H](CO)[C@@H](O[C@@H]4O[C@H](CO)[C@H](O)[C@H](O[C@@H]5O[C@H](CO)[C@@H](O[C@@H]6O[C@H](CO)[C@H](O)[C@H](O[C@]7(C(=O)O)C[C@H](O)[C@@H](NC(C)=O)[C@H]([C@H](O)[C@H](O)CO)O7)[C@H]6O)[C@H](O[C@@H]6O[C@@H](C)[C@@H](O)[C@@H](O)[C@@H]6O)[C@H]5NC(C)=O)[C@H]4O)[C@H](O[C@@H]4O[C@@H](C)[C@@H](O)[C@@H](O)[C@@H]4O)[C@H]3NC(C)=O)[C@H]2O)[C@@H]1O. The molecule has 36 N–H and O–H groups in total. The Balaban J connectivity index is 0.876. The van der Waals surface area contributed by atoms with E-state index in [1.54, 1.807) is 0 Å². The zero-order valence-electron chi connectivity index (χ0n) is 78.2. The fraction of sp³-hybridized carbons (Fsp3) is 0.926. The molecule has 11 heterocycles.